The molecule has 0 bridgehead atoms. The molecule has 0 fully saturated rings. The highest BCUT2D eigenvalue weighted by Gasteiger charge is 2.17. The van der Waals surface area contributed by atoms with Gasteiger partial charge in [0.15, 0.2) is 0 Å². The lowest BCUT2D eigenvalue weighted by Gasteiger charge is -2.21. The zero-order valence-corrected chi connectivity index (χ0v) is 14.9. The molecule has 2 aromatic rings. The van der Waals surface area contributed by atoms with Gasteiger partial charge in [-0.25, -0.2) is 0 Å². The van der Waals surface area contributed by atoms with Crippen LogP contribution < -0.4 is 5.73 Å². The predicted octanol–water partition coefficient (Wildman–Crippen LogP) is 5.58. The number of hydrogen-bond acceptors (Lipinski definition) is 1. The normalized spacial score (nSPS) is 13.2. The molecule has 1 unspecified atom stereocenters. The van der Waals surface area contributed by atoms with E-state index >= 15 is 0 Å². The second kappa shape index (κ2) is 7.04. The van der Waals surface area contributed by atoms with Gasteiger partial charge in [-0.1, -0.05) is 80.4 Å². The molecular weight excluding hydrogens is 313 g/mol. The van der Waals surface area contributed by atoms with E-state index in [-0.39, 0.29) is 11.3 Å². The Morgan fingerprint density at radius 3 is 2.18 bits per heavy atom. The standard InChI is InChI=1S/C19H23Cl2N/c1-19(2,3)15-9-7-13(8-10-15)11-14(12-22)16-5-4-6-17(20)18(16)21/h4-10,14H,11-12,22H2,1-3H3. The Morgan fingerprint density at radius 1 is 1.00 bits per heavy atom. The molecule has 0 radical (unpaired) electrons. The van der Waals surface area contributed by atoms with E-state index in [0.717, 1.165) is 12.0 Å². The molecular formula is C19H23Cl2N. The second-order valence-corrected chi connectivity index (χ2v) is 7.51. The fraction of sp³-hybridized carbons (Fsp3) is 0.368. The van der Waals surface area contributed by atoms with E-state index in [1.54, 1.807) is 6.07 Å². The van der Waals surface area contributed by atoms with Gasteiger partial charge in [0.2, 0.25) is 0 Å². The summed E-state index contributed by atoms with van der Waals surface area (Å²) in [6, 6.07) is 14.5. The fourth-order valence-electron chi connectivity index (χ4n) is 2.58. The minimum atomic E-state index is 0.169. The summed E-state index contributed by atoms with van der Waals surface area (Å²) >= 11 is 12.4. The van der Waals surface area contributed by atoms with Crippen LogP contribution in [-0.4, -0.2) is 6.54 Å². The van der Waals surface area contributed by atoms with Crippen molar-refractivity contribution in [2.75, 3.05) is 6.54 Å². The van der Waals surface area contributed by atoms with Crippen molar-refractivity contribution in [1.29, 1.82) is 0 Å². The molecule has 2 aromatic carbocycles. The third kappa shape index (κ3) is 4.04. The first-order valence-corrected chi connectivity index (χ1v) is 8.32. The number of nitrogens with two attached hydrogens (primary N) is 1. The number of benzene rings is 2. The molecule has 0 saturated heterocycles. The van der Waals surface area contributed by atoms with Gasteiger partial charge in [-0.3, -0.25) is 0 Å². The second-order valence-electron chi connectivity index (χ2n) is 6.73. The van der Waals surface area contributed by atoms with E-state index in [1.807, 2.05) is 12.1 Å². The Labute approximate surface area is 143 Å². The maximum absolute atomic E-state index is 6.33. The van der Waals surface area contributed by atoms with Gasteiger partial charge >= 0.3 is 0 Å². The van der Waals surface area contributed by atoms with Crippen LogP contribution >= 0.6 is 23.2 Å². The lowest BCUT2D eigenvalue weighted by atomic mass is 9.85. The minimum Gasteiger partial charge on any atom is -0.330 e. The third-order valence-corrected chi connectivity index (χ3v) is 4.84. The van der Waals surface area contributed by atoms with Crippen molar-refractivity contribution >= 4 is 23.2 Å². The molecule has 22 heavy (non-hydrogen) atoms. The number of rotatable bonds is 4. The van der Waals surface area contributed by atoms with Crippen molar-refractivity contribution in [2.24, 2.45) is 5.73 Å². The van der Waals surface area contributed by atoms with Crippen molar-refractivity contribution in [3.63, 3.8) is 0 Å². The maximum Gasteiger partial charge on any atom is 0.0627 e. The summed E-state index contributed by atoms with van der Waals surface area (Å²) in [4.78, 5) is 0. The first-order chi connectivity index (χ1) is 10.3. The molecule has 2 N–H and O–H groups in total. The van der Waals surface area contributed by atoms with Gasteiger partial charge in [0.25, 0.3) is 0 Å². The maximum atomic E-state index is 6.33. The van der Waals surface area contributed by atoms with Gasteiger partial charge in [0, 0.05) is 5.92 Å². The largest absolute Gasteiger partial charge is 0.330 e. The Hall–Kier alpha value is -1.02. The zero-order valence-electron chi connectivity index (χ0n) is 13.4. The van der Waals surface area contributed by atoms with Gasteiger partial charge in [-0.15, -0.1) is 0 Å². The molecule has 0 saturated carbocycles. The monoisotopic (exact) mass is 335 g/mol. The van der Waals surface area contributed by atoms with E-state index in [2.05, 4.69) is 45.0 Å². The van der Waals surface area contributed by atoms with Crippen LogP contribution in [0, 0.1) is 0 Å². The Kier molecular flexibility index (Phi) is 5.55. The van der Waals surface area contributed by atoms with E-state index in [0.29, 0.717) is 16.6 Å². The van der Waals surface area contributed by atoms with Gasteiger partial charge in [-0.05, 0) is 41.1 Å². The van der Waals surface area contributed by atoms with Crippen molar-refractivity contribution in [3.8, 4) is 0 Å². The minimum absolute atomic E-state index is 0.169. The summed E-state index contributed by atoms with van der Waals surface area (Å²) in [6.45, 7) is 7.20. The third-order valence-electron chi connectivity index (χ3n) is 4.01. The topological polar surface area (TPSA) is 26.0 Å². The molecule has 3 heteroatoms. The molecule has 0 aliphatic rings. The summed E-state index contributed by atoms with van der Waals surface area (Å²) in [5.74, 6) is 0.173. The van der Waals surface area contributed by atoms with Crippen LogP contribution in [0.3, 0.4) is 0 Å². The molecule has 0 spiro atoms. The van der Waals surface area contributed by atoms with Gasteiger partial charge in [-0.2, -0.15) is 0 Å². The van der Waals surface area contributed by atoms with Gasteiger partial charge in [0.1, 0.15) is 0 Å². The summed E-state index contributed by atoms with van der Waals surface area (Å²) in [7, 11) is 0. The highest BCUT2D eigenvalue weighted by molar-refractivity contribution is 6.42. The Balaban J connectivity index is 2.22. The Morgan fingerprint density at radius 2 is 1.64 bits per heavy atom. The molecule has 0 heterocycles. The smallest absolute Gasteiger partial charge is 0.0627 e. The first kappa shape index (κ1) is 17.3. The molecule has 0 aliphatic carbocycles. The van der Waals surface area contributed by atoms with E-state index in [4.69, 9.17) is 28.9 Å². The van der Waals surface area contributed by atoms with Crippen LogP contribution in [0.25, 0.3) is 0 Å². The van der Waals surface area contributed by atoms with E-state index in [9.17, 15) is 0 Å². The average Bonchev–Trinajstić information content (AvgIpc) is 2.47. The first-order valence-electron chi connectivity index (χ1n) is 7.56. The van der Waals surface area contributed by atoms with Crippen LogP contribution in [0.1, 0.15) is 43.4 Å². The lowest BCUT2D eigenvalue weighted by Crippen LogP contribution is -2.16. The molecule has 1 atom stereocenters. The Bertz CT molecular complexity index is 627. The molecule has 118 valence electrons. The molecule has 0 aliphatic heterocycles. The predicted molar refractivity (Wildman–Crippen MR) is 97.1 cm³/mol. The van der Waals surface area contributed by atoms with Gasteiger partial charge < -0.3 is 5.73 Å². The van der Waals surface area contributed by atoms with Gasteiger partial charge in [0.05, 0.1) is 10.0 Å². The van der Waals surface area contributed by atoms with Crippen molar-refractivity contribution in [2.45, 2.75) is 38.5 Å². The van der Waals surface area contributed by atoms with E-state index < -0.39 is 0 Å². The average molecular weight is 336 g/mol. The number of halogens is 2. The van der Waals surface area contributed by atoms with Crippen molar-refractivity contribution in [3.05, 3.63) is 69.2 Å². The summed E-state index contributed by atoms with van der Waals surface area (Å²) in [6.07, 6.45) is 0.862. The van der Waals surface area contributed by atoms with E-state index in [1.165, 1.54) is 11.1 Å². The van der Waals surface area contributed by atoms with Crippen LogP contribution in [0.4, 0.5) is 0 Å². The highest BCUT2D eigenvalue weighted by atomic mass is 35.5. The lowest BCUT2D eigenvalue weighted by molar-refractivity contribution is 0.589. The van der Waals surface area contributed by atoms with Crippen molar-refractivity contribution in [1.82, 2.24) is 0 Å². The quantitative estimate of drug-likeness (QED) is 0.775. The summed E-state index contributed by atoms with van der Waals surface area (Å²) < 4.78 is 0. The molecule has 0 amide bonds. The zero-order chi connectivity index (χ0) is 16.3. The van der Waals surface area contributed by atoms with Crippen molar-refractivity contribution < 1.29 is 0 Å². The molecule has 0 aromatic heterocycles. The van der Waals surface area contributed by atoms with Crippen LogP contribution in [-0.2, 0) is 11.8 Å². The summed E-state index contributed by atoms with van der Waals surface area (Å²) in [5.41, 5.74) is 9.76. The molecule has 2 rings (SSSR count). The van der Waals surface area contributed by atoms with Crippen LogP contribution in [0.5, 0.6) is 0 Å². The SMILES string of the molecule is CC(C)(C)c1ccc(CC(CN)c2cccc(Cl)c2Cl)cc1. The highest BCUT2D eigenvalue weighted by Crippen LogP contribution is 2.32. The molecule has 1 nitrogen and oxygen atoms in total. The number of hydrogen-bond donors (Lipinski definition) is 1. The fourth-order valence-corrected chi connectivity index (χ4v) is 3.04. The van der Waals surface area contributed by atoms with Crippen LogP contribution in [0.15, 0.2) is 42.5 Å². The van der Waals surface area contributed by atoms with Crippen LogP contribution in [0.2, 0.25) is 10.0 Å². The summed E-state index contributed by atoms with van der Waals surface area (Å²) in [5, 5.41) is 1.20.